The van der Waals surface area contributed by atoms with Gasteiger partial charge in [0.25, 0.3) is 13.6 Å². The third-order valence-corrected chi connectivity index (χ3v) is 0. The molecule has 0 heterocycles. The Bertz CT molecular complexity index is 21.2. The molecule has 7 heavy (non-hydrogen) atoms. The van der Waals surface area contributed by atoms with Gasteiger partial charge >= 0.3 is 49.9 Å². The first-order valence-corrected chi connectivity index (χ1v) is 13.5. The maximum atomic E-state index is 7.50. The van der Waals surface area contributed by atoms with Crippen molar-refractivity contribution < 1.29 is 20.8 Å². The second-order valence-corrected chi connectivity index (χ2v) is 16.6. The normalized spacial score (nSPS) is 4.29. The summed E-state index contributed by atoms with van der Waals surface area (Å²) in [5.41, 5.74) is 0. The van der Waals surface area contributed by atoms with E-state index in [9.17, 15) is 0 Å². The molecule has 0 saturated carbocycles. The van der Waals surface area contributed by atoms with Gasteiger partial charge in [0.05, 0.1) is 0 Å². The van der Waals surface area contributed by atoms with Gasteiger partial charge in [-0.3, -0.25) is 9.59 Å². The SMILES string of the molecule is [C]=O.[C]=O.[I][Pt][I]. The van der Waals surface area contributed by atoms with Crippen molar-refractivity contribution in [3.05, 3.63) is 0 Å². The van der Waals surface area contributed by atoms with Crippen LogP contribution in [0.1, 0.15) is 0 Å². The number of hydrogen-bond acceptors (Lipinski definition) is 2. The average molecular weight is 505 g/mol. The van der Waals surface area contributed by atoms with E-state index in [2.05, 4.69) is 52.3 Å². The summed E-state index contributed by atoms with van der Waals surface area (Å²) in [7, 11) is 0. The first-order valence-electron chi connectivity index (χ1n) is 0.647. The van der Waals surface area contributed by atoms with E-state index in [1.807, 2.05) is 0 Å². The minimum atomic E-state index is 0.523. The summed E-state index contributed by atoms with van der Waals surface area (Å²) < 4.78 is 0. The molecule has 0 amide bonds. The molecule has 0 bridgehead atoms. The average Bonchev–Trinajstić information content (AvgIpc) is 1.78. The molecule has 0 rings (SSSR count). The molecule has 0 spiro atoms. The van der Waals surface area contributed by atoms with Crippen LogP contribution in [0.4, 0.5) is 0 Å². The Morgan fingerprint density at radius 2 is 1.00 bits per heavy atom. The molecule has 0 aromatic carbocycles. The van der Waals surface area contributed by atoms with Gasteiger partial charge in [-0.15, -0.1) is 0 Å². The van der Waals surface area contributed by atoms with Crippen molar-refractivity contribution >= 4 is 52.3 Å². The molecule has 0 N–H and O–H groups in total. The van der Waals surface area contributed by atoms with E-state index < -0.39 is 0 Å². The second-order valence-electron chi connectivity index (χ2n) is 0.0452. The third kappa shape index (κ3) is 102. The van der Waals surface area contributed by atoms with Crippen LogP contribution in [-0.4, -0.2) is 13.6 Å². The molecule has 0 saturated heterocycles. The molecular weight excluding hydrogens is 505 g/mol. The summed E-state index contributed by atoms with van der Waals surface area (Å²) in [6.45, 7) is 9.00. The van der Waals surface area contributed by atoms with Crippen molar-refractivity contribution in [1.29, 1.82) is 0 Å². The summed E-state index contributed by atoms with van der Waals surface area (Å²) in [6, 6.07) is 0. The van der Waals surface area contributed by atoms with Gasteiger partial charge in [0.15, 0.2) is 0 Å². The van der Waals surface area contributed by atoms with Crippen LogP contribution in [0.25, 0.3) is 0 Å². The van der Waals surface area contributed by atoms with Crippen molar-refractivity contribution in [2.24, 2.45) is 0 Å². The zero-order valence-corrected chi connectivity index (χ0v) is 9.48. The van der Waals surface area contributed by atoms with Crippen LogP contribution >= 0.6 is 38.7 Å². The molecule has 0 aromatic heterocycles. The van der Waals surface area contributed by atoms with Crippen LogP contribution in [0.15, 0.2) is 0 Å². The molecular formula is C2I2O2Pt. The second kappa shape index (κ2) is 50.9. The van der Waals surface area contributed by atoms with Gasteiger partial charge in [0, 0.05) is 0 Å². The van der Waals surface area contributed by atoms with E-state index in [-0.39, 0.29) is 0 Å². The topological polar surface area (TPSA) is 34.1 Å². The number of rotatable bonds is 0. The van der Waals surface area contributed by atoms with Crippen molar-refractivity contribution in [2.75, 3.05) is 0 Å². The van der Waals surface area contributed by atoms with Crippen molar-refractivity contribution in [1.82, 2.24) is 0 Å². The molecule has 0 aromatic rings. The van der Waals surface area contributed by atoms with Gasteiger partial charge in [-0.2, -0.15) is 0 Å². The van der Waals surface area contributed by atoms with Gasteiger partial charge < -0.3 is 0 Å². The standard InChI is InChI=1S/2CO.2HI.Pt/c2*1-2;;;/h;;2*1H;/q;;;;+2/p-2. The molecule has 0 unspecified atom stereocenters. The molecule has 0 aliphatic carbocycles. The molecule has 0 fully saturated rings. The van der Waals surface area contributed by atoms with Crippen molar-refractivity contribution in [2.45, 2.75) is 0 Å². The summed E-state index contributed by atoms with van der Waals surface area (Å²) in [4.78, 5) is 15.0. The number of carbonyl (C=O) groups excluding carboxylic acids is 2. The Morgan fingerprint density at radius 3 is 1.00 bits per heavy atom. The molecule has 4 radical (unpaired) electrons. The van der Waals surface area contributed by atoms with Gasteiger partial charge in [-0.1, -0.05) is 0 Å². The summed E-state index contributed by atoms with van der Waals surface area (Å²) in [5, 5.41) is 0. The Labute approximate surface area is 72.0 Å². The van der Waals surface area contributed by atoms with E-state index in [1.165, 1.54) is 0 Å². The van der Waals surface area contributed by atoms with Crippen LogP contribution < -0.4 is 0 Å². The Kier molecular flexibility index (Phi) is 115. The fraction of sp³-hybridized carbons (Fsp3) is 0. The van der Waals surface area contributed by atoms with E-state index in [1.54, 1.807) is 0 Å². The molecule has 0 aliphatic rings. The fourth-order valence-electron chi connectivity index (χ4n) is 0. The Morgan fingerprint density at radius 1 is 1.00 bits per heavy atom. The van der Waals surface area contributed by atoms with Gasteiger partial charge in [-0.05, 0) is 0 Å². The zero-order chi connectivity index (χ0) is 6.71. The predicted molar refractivity (Wildman–Crippen MR) is 39.4 cm³/mol. The Balaban J connectivity index is -0.0000000360. The number of hydrogen-bond donors (Lipinski definition) is 0. The van der Waals surface area contributed by atoms with Crippen LogP contribution in [0.3, 0.4) is 0 Å². The van der Waals surface area contributed by atoms with E-state index >= 15 is 0 Å². The van der Waals surface area contributed by atoms with E-state index in [0.29, 0.717) is 11.2 Å². The molecule has 5 heteroatoms. The summed E-state index contributed by atoms with van der Waals surface area (Å²) >= 11 is 5.30. The van der Waals surface area contributed by atoms with Gasteiger partial charge in [0.2, 0.25) is 0 Å². The van der Waals surface area contributed by atoms with Crippen LogP contribution in [0, 0.1) is 0 Å². The number of halogens is 2. The quantitative estimate of drug-likeness (QED) is 0.461. The predicted octanol–water partition coefficient (Wildman–Crippen LogP) is 0.975. The molecule has 2 nitrogen and oxygen atoms in total. The molecule has 0 atom stereocenters. The van der Waals surface area contributed by atoms with Gasteiger partial charge in [0.1, 0.15) is 0 Å². The van der Waals surface area contributed by atoms with Gasteiger partial charge in [-0.25, -0.2) is 0 Å². The van der Waals surface area contributed by atoms with Crippen molar-refractivity contribution in [3.63, 3.8) is 0 Å². The first-order chi connectivity index (χ1) is 3.41. The van der Waals surface area contributed by atoms with E-state index in [0.717, 1.165) is 0 Å². The monoisotopic (exact) mass is 505 g/mol. The van der Waals surface area contributed by atoms with Crippen molar-refractivity contribution in [3.8, 4) is 0 Å². The Hall–Kier alpha value is 1.49. The van der Waals surface area contributed by atoms with E-state index in [4.69, 9.17) is 9.59 Å². The summed E-state index contributed by atoms with van der Waals surface area (Å²) in [5.74, 6) is 0. The zero-order valence-electron chi connectivity index (χ0n) is 2.89. The maximum absolute atomic E-state index is 7.50. The van der Waals surface area contributed by atoms with Crippen LogP contribution in [0.2, 0.25) is 0 Å². The van der Waals surface area contributed by atoms with Crippen LogP contribution in [0.5, 0.6) is 0 Å². The van der Waals surface area contributed by atoms with Crippen LogP contribution in [-0.2, 0) is 20.8 Å². The third-order valence-electron chi connectivity index (χ3n) is 0. The first kappa shape index (κ1) is 15.8. The minimum absolute atomic E-state index is 0.523. The fourth-order valence-corrected chi connectivity index (χ4v) is 0. The molecule has 0 aliphatic heterocycles. The summed E-state index contributed by atoms with van der Waals surface area (Å²) in [6.07, 6.45) is 0. The molecule has 44 valence electrons.